The summed E-state index contributed by atoms with van der Waals surface area (Å²) in [7, 11) is 1.80. The summed E-state index contributed by atoms with van der Waals surface area (Å²) in [4.78, 5) is 14.9. The molecule has 2 nitrogen and oxygen atoms in total. The van der Waals surface area contributed by atoms with Gasteiger partial charge in [-0.25, -0.2) is 0 Å². The molecule has 0 aliphatic heterocycles. The topological polar surface area (TPSA) is 20.3 Å². The number of rotatable bonds is 3. The number of hydrogen-bond acceptors (Lipinski definition) is 2. The van der Waals surface area contributed by atoms with Crippen LogP contribution >= 0.6 is 22.9 Å². The number of fused-ring (bicyclic) bond motifs is 1. The lowest BCUT2D eigenvalue weighted by molar-refractivity contribution is 0.0665. The van der Waals surface area contributed by atoms with E-state index in [4.69, 9.17) is 11.6 Å². The van der Waals surface area contributed by atoms with E-state index in [2.05, 4.69) is 0 Å². The van der Waals surface area contributed by atoms with Crippen molar-refractivity contribution in [2.24, 2.45) is 0 Å². The van der Waals surface area contributed by atoms with Crippen molar-refractivity contribution >= 4 is 38.9 Å². The van der Waals surface area contributed by atoms with Crippen LogP contribution in [0.15, 0.2) is 30.3 Å². The van der Waals surface area contributed by atoms with Crippen molar-refractivity contribution in [3.63, 3.8) is 0 Å². The van der Waals surface area contributed by atoms with Crippen LogP contribution in [0.2, 0.25) is 0 Å². The number of carbonyl (C=O) groups excluding carboxylic acids is 1. The molecule has 0 aliphatic carbocycles. The lowest BCUT2D eigenvalue weighted by Crippen LogP contribution is -2.46. The van der Waals surface area contributed by atoms with Gasteiger partial charge < -0.3 is 4.90 Å². The third-order valence-corrected chi connectivity index (χ3v) is 4.93. The van der Waals surface area contributed by atoms with Gasteiger partial charge in [-0.15, -0.1) is 22.9 Å². The van der Waals surface area contributed by atoms with E-state index in [0.717, 1.165) is 15.0 Å². The van der Waals surface area contributed by atoms with Crippen molar-refractivity contribution < 1.29 is 4.79 Å². The second-order valence-corrected chi connectivity index (χ2v) is 6.31. The SMILES string of the molecule is CN(C(=O)c1cc2ccccc2s1)C(C)(C)CCl. The van der Waals surface area contributed by atoms with E-state index in [1.807, 2.05) is 44.2 Å². The first-order valence-corrected chi connectivity index (χ1v) is 7.13. The minimum Gasteiger partial charge on any atom is -0.335 e. The average molecular weight is 282 g/mol. The molecule has 1 aromatic heterocycles. The normalized spacial score (nSPS) is 11.8. The van der Waals surface area contributed by atoms with Gasteiger partial charge in [0.25, 0.3) is 5.91 Å². The fourth-order valence-corrected chi connectivity index (χ4v) is 2.83. The minimum absolute atomic E-state index is 0.0295. The zero-order chi connectivity index (χ0) is 13.3. The molecule has 0 saturated heterocycles. The fourth-order valence-electron chi connectivity index (χ4n) is 1.62. The standard InChI is InChI=1S/C14H16ClNOS/c1-14(2,9-15)16(3)13(17)12-8-10-6-4-5-7-11(10)18-12/h4-8H,9H2,1-3H3. The first-order chi connectivity index (χ1) is 8.45. The first-order valence-electron chi connectivity index (χ1n) is 5.78. The highest BCUT2D eigenvalue weighted by Gasteiger charge is 2.28. The Balaban J connectivity index is 2.34. The van der Waals surface area contributed by atoms with Gasteiger partial charge in [-0.3, -0.25) is 4.79 Å². The molecule has 96 valence electrons. The maximum atomic E-state index is 12.4. The van der Waals surface area contributed by atoms with Gasteiger partial charge in [0, 0.05) is 17.6 Å². The Morgan fingerprint density at radius 3 is 2.67 bits per heavy atom. The predicted molar refractivity (Wildman–Crippen MR) is 78.7 cm³/mol. The van der Waals surface area contributed by atoms with Crippen LogP contribution in [0.4, 0.5) is 0 Å². The van der Waals surface area contributed by atoms with Gasteiger partial charge in [-0.2, -0.15) is 0 Å². The predicted octanol–water partition coefficient (Wildman–Crippen LogP) is 3.99. The molecule has 0 bridgehead atoms. The van der Waals surface area contributed by atoms with Crippen LogP contribution in [0.3, 0.4) is 0 Å². The second-order valence-electron chi connectivity index (χ2n) is 4.96. The Labute approximate surface area is 116 Å². The van der Waals surface area contributed by atoms with Gasteiger partial charge >= 0.3 is 0 Å². The van der Waals surface area contributed by atoms with Crippen molar-refractivity contribution in [1.29, 1.82) is 0 Å². The van der Waals surface area contributed by atoms with Crippen LogP contribution in [0.1, 0.15) is 23.5 Å². The molecule has 2 aromatic rings. The number of alkyl halides is 1. The monoisotopic (exact) mass is 281 g/mol. The number of benzene rings is 1. The molecule has 18 heavy (non-hydrogen) atoms. The average Bonchev–Trinajstić information content (AvgIpc) is 2.80. The maximum Gasteiger partial charge on any atom is 0.264 e. The molecule has 0 N–H and O–H groups in total. The third kappa shape index (κ3) is 2.38. The van der Waals surface area contributed by atoms with Crippen molar-refractivity contribution in [3.8, 4) is 0 Å². The Morgan fingerprint density at radius 2 is 2.06 bits per heavy atom. The third-order valence-electron chi connectivity index (χ3n) is 3.18. The van der Waals surface area contributed by atoms with E-state index in [1.54, 1.807) is 11.9 Å². The van der Waals surface area contributed by atoms with E-state index >= 15 is 0 Å². The van der Waals surface area contributed by atoms with Crippen molar-refractivity contribution in [3.05, 3.63) is 35.2 Å². The van der Waals surface area contributed by atoms with Crippen molar-refractivity contribution in [2.45, 2.75) is 19.4 Å². The number of thiophene rings is 1. The largest absolute Gasteiger partial charge is 0.335 e. The molecule has 1 amide bonds. The molecule has 1 heterocycles. The minimum atomic E-state index is -0.338. The van der Waals surface area contributed by atoms with Crippen molar-refractivity contribution in [1.82, 2.24) is 4.90 Å². The Hall–Kier alpha value is -1.06. The zero-order valence-electron chi connectivity index (χ0n) is 10.7. The maximum absolute atomic E-state index is 12.4. The van der Waals surface area contributed by atoms with Crippen LogP contribution < -0.4 is 0 Å². The molecular formula is C14H16ClNOS. The van der Waals surface area contributed by atoms with Gasteiger partial charge in [-0.1, -0.05) is 18.2 Å². The number of nitrogens with zero attached hydrogens (tertiary/aromatic N) is 1. The molecule has 4 heteroatoms. The van der Waals surface area contributed by atoms with Crippen LogP contribution in [-0.4, -0.2) is 29.3 Å². The molecule has 0 unspecified atom stereocenters. The second kappa shape index (κ2) is 4.90. The van der Waals surface area contributed by atoms with E-state index in [9.17, 15) is 4.79 Å². The van der Waals surface area contributed by atoms with Crippen molar-refractivity contribution in [2.75, 3.05) is 12.9 Å². The van der Waals surface area contributed by atoms with E-state index in [1.165, 1.54) is 11.3 Å². The van der Waals surface area contributed by atoms with Gasteiger partial charge in [0.2, 0.25) is 0 Å². The van der Waals surface area contributed by atoms with Crippen LogP contribution in [0.5, 0.6) is 0 Å². The Kier molecular flexibility index (Phi) is 3.64. The van der Waals surface area contributed by atoms with Gasteiger partial charge in [-0.05, 0) is 31.4 Å². The molecule has 1 aromatic carbocycles. The fraction of sp³-hybridized carbons (Fsp3) is 0.357. The molecule has 0 aliphatic rings. The molecule has 0 radical (unpaired) electrons. The van der Waals surface area contributed by atoms with Gasteiger partial charge in [0.15, 0.2) is 0 Å². The lowest BCUT2D eigenvalue weighted by Gasteiger charge is -2.33. The van der Waals surface area contributed by atoms with Crippen LogP contribution in [-0.2, 0) is 0 Å². The molecular weight excluding hydrogens is 266 g/mol. The van der Waals surface area contributed by atoms with E-state index in [0.29, 0.717) is 5.88 Å². The number of hydrogen-bond donors (Lipinski definition) is 0. The molecule has 0 fully saturated rings. The van der Waals surface area contributed by atoms with Crippen LogP contribution in [0.25, 0.3) is 10.1 Å². The molecule has 2 rings (SSSR count). The number of amides is 1. The summed E-state index contributed by atoms with van der Waals surface area (Å²) in [5.74, 6) is 0.446. The molecule has 0 spiro atoms. The summed E-state index contributed by atoms with van der Waals surface area (Å²) in [6.07, 6.45) is 0. The molecule has 0 atom stereocenters. The Morgan fingerprint density at radius 1 is 1.39 bits per heavy atom. The van der Waals surface area contributed by atoms with Crippen LogP contribution in [0, 0.1) is 0 Å². The first kappa shape index (κ1) is 13.4. The summed E-state index contributed by atoms with van der Waals surface area (Å²) >= 11 is 7.43. The summed E-state index contributed by atoms with van der Waals surface area (Å²) in [6.45, 7) is 3.93. The van der Waals surface area contributed by atoms with Gasteiger partial charge in [0.05, 0.1) is 10.4 Å². The summed E-state index contributed by atoms with van der Waals surface area (Å²) in [5.41, 5.74) is -0.338. The smallest absolute Gasteiger partial charge is 0.264 e. The zero-order valence-corrected chi connectivity index (χ0v) is 12.3. The molecule has 0 saturated carbocycles. The quantitative estimate of drug-likeness (QED) is 0.779. The summed E-state index contributed by atoms with van der Waals surface area (Å²) in [6, 6.07) is 9.97. The van der Waals surface area contributed by atoms with Gasteiger partial charge in [0.1, 0.15) is 0 Å². The lowest BCUT2D eigenvalue weighted by atomic mass is 10.1. The van der Waals surface area contributed by atoms with E-state index in [-0.39, 0.29) is 11.4 Å². The Bertz CT molecular complexity index is 543. The highest BCUT2D eigenvalue weighted by atomic mass is 35.5. The van der Waals surface area contributed by atoms with E-state index < -0.39 is 0 Å². The number of halogens is 1. The summed E-state index contributed by atoms with van der Waals surface area (Å²) < 4.78 is 1.14. The highest BCUT2D eigenvalue weighted by Crippen LogP contribution is 2.27. The number of carbonyl (C=O) groups is 1. The highest BCUT2D eigenvalue weighted by molar-refractivity contribution is 7.20. The summed E-state index contributed by atoms with van der Waals surface area (Å²) in [5, 5.41) is 1.11.